The van der Waals surface area contributed by atoms with Crippen LogP contribution in [0.5, 0.6) is 11.5 Å². The van der Waals surface area contributed by atoms with Crippen molar-refractivity contribution < 1.29 is 24.2 Å². The monoisotopic (exact) mass is 343 g/mol. The fourth-order valence-electron chi connectivity index (χ4n) is 2.29. The summed E-state index contributed by atoms with van der Waals surface area (Å²) in [6.45, 7) is 3.49. The Morgan fingerprint density at radius 2 is 1.76 bits per heavy atom. The van der Waals surface area contributed by atoms with Crippen molar-refractivity contribution in [2.75, 3.05) is 7.11 Å². The molecule has 0 bridgehead atoms. The number of aliphatic carboxylic acids is 1. The number of amides is 1. The van der Waals surface area contributed by atoms with Gasteiger partial charge in [0.15, 0.2) is 12.1 Å². The van der Waals surface area contributed by atoms with Gasteiger partial charge in [-0.05, 0) is 49.2 Å². The second-order valence-corrected chi connectivity index (χ2v) is 5.63. The average molecular weight is 343 g/mol. The molecule has 2 N–H and O–H groups in total. The van der Waals surface area contributed by atoms with Gasteiger partial charge in [-0.2, -0.15) is 0 Å². The van der Waals surface area contributed by atoms with Gasteiger partial charge in [-0.1, -0.05) is 24.3 Å². The van der Waals surface area contributed by atoms with E-state index < -0.39 is 24.0 Å². The third-order valence-corrected chi connectivity index (χ3v) is 3.65. The summed E-state index contributed by atoms with van der Waals surface area (Å²) in [5.41, 5.74) is 1.45. The van der Waals surface area contributed by atoms with Crippen LogP contribution in [0.4, 0.5) is 0 Å². The summed E-state index contributed by atoms with van der Waals surface area (Å²) in [5, 5.41) is 11.9. The van der Waals surface area contributed by atoms with E-state index in [1.807, 2.05) is 25.1 Å². The van der Waals surface area contributed by atoms with Gasteiger partial charge in [0.25, 0.3) is 5.91 Å². The normalized spacial score (nSPS) is 12.8. The number of aryl methyl sites for hydroxylation is 1. The van der Waals surface area contributed by atoms with E-state index in [1.54, 1.807) is 37.3 Å². The van der Waals surface area contributed by atoms with Crippen molar-refractivity contribution in [3.05, 3.63) is 59.7 Å². The number of hydrogen-bond donors (Lipinski definition) is 2. The number of rotatable bonds is 7. The quantitative estimate of drug-likeness (QED) is 0.807. The van der Waals surface area contributed by atoms with Gasteiger partial charge in [0.2, 0.25) is 0 Å². The maximum Gasteiger partial charge on any atom is 0.330 e. The van der Waals surface area contributed by atoms with E-state index in [0.717, 1.165) is 5.56 Å². The van der Waals surface area contributed by atoms with Gasteiger partial charge in [-0.3, -0.25) is 4.79 Å². The summed E-state index contributed by atoms with van der Waals surface area (Å²) in [4.78, 5) is 23.8. The van der Waals surface area contributed by atoms with Crippen LogP contribution < -0.4 is 14.8 Å². The Bertz CT molecular complexity index is 742. The molecule has 0 fully saturated rings. The van der Waals surface area contributed by atoms with Crippen molar-refractivity contribution in [3.8, 4) is 11.5 Å². The summed E-state index contributed by atoms with van der Waals surface area (Å²) in [6, 6.07) is 12.6. The van der Waals surface area contributed by atoms with Crippen molar-refractivity contribution in [1.29, 1.82) is 0 Å². The van der Waals surface area contributed by atoms with Gasteiger partial charge >= 0.3 is 5.97 Å². The Morgan fingerprint density at radius 3 is 2.32 bits per heavy atom. The first-order chi connectivity index (χ1) is 11.9. The predicted octanol–water partition coefficient (Wildman–Crippen LogP) is 2.71. The molecular formula is C19H21NO5. The predicted molar refractivity (Wildman–Crippen MR) is 92.8 cm³/mol. The number of hydrogen-bond acceptors (Lipinski definition) is 4. The van der Waals surface area contributed by atoms with Crippen LogP contribution in [0.15, 0.2) is 48.5 Å². The molecule has 0 aliphatic heterocycles. The summed E-state index contributed by atoms with van der Waals surface area (Å²) in [7, 11) is 1.52. The molecule has 0 aromatic heterocycles. The Kier molecular flexibility index (Phi) is 6.00. The lowest BCUT2D eigenvalue weighted by atomic mass is 10.1. The van der Waals surface area contributed by atoms with E-state index in [-0.39, 0.29) is 0 Å². The third-order valence-electron chi connectivity index (χ3n) is 3.65. The molecule has 2 aromatic rings. The zero-order valence-corrected chi connectivity index (χ0v) is 14.4. The minimum Gasteiger partial charge on any atom is -0.497 e. The molecule has 0 aliphatic carbocycles. The van der Waals surface area contributed by atoms with Crippen molar-refractivity contribution in [3.63, 3.8) is 0 Å². The maximum atomic E-state index is 12.3. The van der Waals surface area contributed by atoms with Crippen molar-refractivity contribution in [1.82, 2.24) is 5.32 Å². The molecule has 0 heterocycles. The van der Waals surface area contributed by atoms with Gasteiger partial charge in [0.05, 0.1) is 7.11 Å². The topological polar surface area (TPSA) is 84.9 Å². The Morgan fingerprint density at radius 1 is 1.08 bits per heavy atom. The lowest BCUT2D eigenvalue weighted by molar-refractivity contribution is -0.143. The number of carboxylic acids is 1. The fraction of sp³-hybridized carbons (Fsp3) is 0.263. The first kappa shape index (κ1) is 18.3. The van der Waals surface area contributed by atoms with E-state index in [2.05, 4.69) is 5.32 Å². The molecule has 0 radical (unpaired) electrons. The summed E-state index contributed by atoms with van der Waals surface area (Å²) < 4.78 is 10.6. The Labute approximate surface area is 146 Å². The van der Waals surface area contributed by atoms with Crippen molar-refractivity contribution in [2.24, 2.45) is 0 Å². The zero-order valence-electron chi connectivity index (χ0n) is 14.4. The van der Waals surface area contributed by atoms with Crippen LogP contribution in [0.1, 0.15) is 24.1 Å². The Balaban J connectivity index is 2.07. The highest BCUT2D eigenvalue weighted by Gasteiger charge is 2.25. The van der Waals surface area contributed by atoms with Gasteiger partial charge in [0.1, 0.15) is 11.5 Å². The first-order valence-electron chi connectivity index (χ1n) is 7.81. The molecule has 2 unspecified atom stereocenters. The highest BCUT2D eigenvalue weighted by molar-refractivity contribution is 5.87. The summed E-state index contributed by atoms with van der Waals surface area (Å²) >= 11 is 0. The second kappa shape index (κ2) is 8.19. The number of carbonyl (C=O) groups is 2. The molecule has 0 saturated carbocycles. The van der Waals surface area contributed by atoms with Crippen LogP contribution in [0, 0.1) is 6.92 Å². The van der Waals surface area contributed by atoms with E-state index >= 15 is 0 Å². The highest BCUT2D eigenvalue weighted by atomic mass is 16.5. The zero-order chi connectivity index (χ0) is 18.4. The second-order valence-electron chi connectivity index (χ2n) is 5.63. The lowest BCUT2D eigenvalue weighted by Crippen LogP contribution is -2.41. The molecule has 0 aliphatic rings. The Hall–Kier alpha value is -3.02. The lowest BCUT2D eigenvalue weighted by Gasteiger charge is -2.19. The van der Waals surface area contributed by atoms with Crippen LogP contribution in [-0.4, -0.2) is 30.2 Å². The third kappa shape index (κ3) is 4.97. The molecule has 0 saturated heterocycles. The molecule has 0 spiro atoms. The largest absolute Gasteiger partial charge is 0.497 e. The molecule has 132 valence electrons. The summed E-state index contributed by atoms with van der Waals surface area (Å²) in [6.07, 6.45) is -0.832. The molecule has 2 aromatic carbocycles. The molecular weight excluding hydrogens is 322 g/mol. The van der Waals surface area contributed by atoms with Crippen LogP contribution in [0.25, 0.3) is 0 Å². The average Bonchev–Trinajstić information content (AvgIpc) is 2.59. The number of carboxylic acid groups (broad SMARTS) is 1. The fourth-order valence-corrected chi connectivity index (χ4v) is 2.29. The molecule has 2 rings (SSSR count). The molecule has 6 heteroatoms. The van der Waals surface area contributed by atoms with E-state index in [1.165, 1.54) is 7.11 Å². The molecule has 25 heavy (non-hydrogen) atoms. The van der Waals surface area contributed by atoms with Crippen molar-refractivity contribution in [2.45, 2.75) is 26.0 Å². The number of ether oxygens (including phenoxy) is 2. The molecule has 2 atom stereocenters. The maximum absolute atomic E-state index is 12.3. The van der Waals surface area contributed by atoms with Crippen LogP contribution >= 0.6 is 0 Å². The molecule has 1 amide bonds. The first-order valence-corrected chi connectivity index (χ1v) is 7.81. The summed E-state index contributed by atoms with van der Waals surface area (Å²) in [5.74, 6) is -0.500. The van der Waals surface area contributed by atoms with Gasteiger partial charge in [-0.25, -0.2) is 4.79 Å². The minimum atomic E-state index is -1.16. The number of nitrogens with one attached hydrogen (secondary N) is 1. The van der Waals surface area contributed by atoms with Crippen molar-refractivity contribution >= 4 is 11.9 Å². The number of methoxy groups -OCH3 is 1. The number of carbonyl (C=O) groups excluding carboxylic acids is 1. The standard InChI is InChI=1S/C19H21NO5/c1-12-5-4-6-16(11-12)25-13(2)18(21)20-17(19(22)23)14-7-9-15(24-3)10-8-14/h4-11,13,17H,1-3H3,(H,20,21)(H,22,23). The van der Waals surface area contributed by atoms with E-state index in [0.29, 0.717) is 17.1 Å². The van der Waals surface area contributed by atoms with Crippen LogP contribution in [0.3, 0.4) is 0 Å². The molecule has 6 nitrogen and oxygen atoms in total. The van der Waals surface area contributed by atoms with Crippen LogP contribution in [-0.2, 0) is 9.59 Å². The van der Waals surface area contributed by atoms with Crippen LogP contribution in [0.2, 0.25) is 0 Å². The van der Waals surface area contributed by atoms with E-state index in [4.69, 9.17) is 9.47 Å². The smallest absolute Gasteiger partial charge is 0.330 e. The van der Waals surface area contributed by atoms with E-state index in [9.17, 15) is 14.7 Å². The van der Waals surface area contributed by atoms with Gasteiger partial charge < -0.3 is 19.9 Å². The SMILES string of the molecule is COc1ccc(C(NC(=O)C(C)Oc2cccc(C)c2)C(=O)O)cc1. The van der Waals surface area contributed by atoms with Gasteiger partial charge in [0, 0.05) is 0 Å². The van der Waals surface area contributed by atoms with Gasteiger partial charge in [-0.15, -0.1) is 0 Å². The minimum absolute atomic E-state index is 0.449. The number of benzene rings is 2. The highest BCUT2D eigenvalue weighted by Crippen LogP contribution is 2.19.